The number of rotatable bonds is 3. The van der Waals surface area contributed by atoms with Crippen molar-refractivity contribution < 1.29 is 19.1 Å². The maximum absolute atomic E-state index is 12.2. The van der Waals surface area contributed by atoms with Gasteiger partial charge in [0.2, 0.25) is 11.8 Å². The summed E-state index contributed by atoms with van der Waals surface area (Å²) in [6.07, 6.45) is 0.431. The SMILES string of the molecule is O=C(Oc1ccc(Cl)cc1Br)c1ccc(N2C(=O)CCC2=O)cc1. The van der Waals surface area contributed by atoms with Crippen LogP contribution in [-0.2, 0) is 9.59 Å². The molecule has 2 aromatic carbocycles. The van der Waals surface area contributed by atoms with E-state index in [1.807, 2.05) is 0 Å². The molecule has 0 N–H and O–H groups in total. The number of nitrogens with zero attached hydrogens (tertiary/aromatic N) is 1. The number of hydrogen-bond acceptors (Lipinski definition) is 4. The number of carbonyl (C=O) groups is 3. The lowest BCUT2D eigenvalue weighted by atomic mass is 10.2. The van der Waals surface area contributed by atoms with Crippen molar-refractivity contribution in [3.63, 3.8) is 0 Å². The Morgan fingerprint density at radius 3 is 2.25 bits per heavy atom. The summed E-state index contributed by atoms with van der Waals surface area (Å²) in [5.41, 5.74) is 0.756. The first-order chi connectivity index (χ1) is 11.5. The highest BCUT2D eigenvalue weighted by atomic mass is 79.9. The molecular weight excluding hydrogens is 398 g/mol. The molecular formula is C17H11BrClNO4. The van der Waals surface area contributed by atoms with Gasteiger partial charge < -0.3 is 4.74 Å². The van der Waals surface area contributed by atoms with Crippen LogP contribution in [0.4, 0.5) is 5.69 Å². The molecule has 5 nitrogen and oxygen atoms in total. The van der Waals surface area contributed by atoms with Gasteiger partial charge in [0, 0.05) is 17.9 Å². The van der Waals surface area contributed by atoms with Crippen molar-refractivity contribution >= 4 is 51.0 Å². The average molecular weight is 409 g/mol. The molecule has 0 aromatic heterocycles. The number of hydrogen-bond donors (Lipinski definition) is 0. The summed E-state index contributed by atoms with van der Waals surface area (Å²) in [5.74, 6) is -0.678. The summed E-state index contributed by atoms with van der Waals surface area (Å²) in [5, 5.41) is 0.519. The zero-order valence-electron chi connectivity index (χ0n) is 12.3. The van der Waals surface area contributed by atoms with Crippen LogP contribution in [0.15, 0.2) is 46.9 Å². The lowest BCUT2D eigenvalue weighted by Gasteiger charge is -2.14. The van der Waals surface area contributed by atoms with E-state index in [9.17, 15) is 14.4 Å². The molecule has 1 fully saturated rings. The van der Waals surface area contributed by atoms with E-state index >= 15 is 0 Å². The minimum Gasteiger partial charge on any atom is -0.422 e. The quantitative estimate of drug-likeness (QED) is 0.438. The van der Waals surface area contributed by atoms with E-state index in [0.29, 0.717) is 26.5 Å². The van der Waals surface area contributed by atoms with Gasteiger partial charge in [0.05, 0.1) is 15.7 Å². The van der Waals surface area contributed by atoms with Crippen LogP contribution in [0.2, 0.25) is 5.02 Å². The second kappa shape index (κ2) is 6.75. The molecule has 0 unspecified atom stereocenters. The van der Waals surface area contributed by atoms with Gasteiger partial charge in [0.25, 0.3) is 0 Å². The largest absolute Gasteiger partial charge is 0.422 e. The van der Waals surface area contributed by atoms with E-state index in [1.165, 1.54) is 12.1 Å². The number of imide groups is 1. The lowest BCUT2D eigenvalue weighted by Crippen LogP contribution is -2.28. The number of carbonyl (C=O) groups excluding carboxylic acids is 3. The topological polar surface area (TPSA) is 63.7 Å². The standard InChI is InChI=1S/C17H11BrClNO4/c18-13-9-11(19)3-6-14(13)24-17(23)10-1-4-12(5-2-10)20-15(21)7-8-16(20)22/h1-6,9H,7-8H2. The van der Waals surface area contributed by atoms with Crippen molar-refractivity contribution in [2.24, 2.45) is 0 Å². The number of anilines is 1. The van der Waals surface area contributed by atoms with Crippen LogP contribution in [0, 0.1) is 0 Å². The zero-order chi connectivity index (χ0) is 17.3. The highest BCUT2D eigenvalue weighted by Crippen LogP contribution is 2.29. The van der Waals surface area contributed by atoms with Crippen LogP contribution in [-0.4, -0.2) is 17.8 Å². The molecule has 2 aromatic rings. The number of ether oxygens (including phenoxy) is 1. The third-order valence-corrected chi connectivity index (χ3v) is 4.36. The van der Waals surface area contributed by atoms with Gasteiger partial charge in [-0.15, -0.1) is 0 Å². The van der Waals surface area contributed by atoms with E-state index in [2.05, 4.69) is 15.9 Å². The first kappa shape index (κ1) is 16.7. The summed E-state index contributed by atoms with van der Waals surface area (Å²) in [7, 11) is 0. The summed E-state index contributed by atoms with van der Waals surface area (Å²) in [4.78, 5) is 36.7. The lowest BCUT2D eigenvalue weighted by molar-refractivity contribution is -0.121. The smallest absolute Gasteiger partial charge is 0.343 e. The van der Waals surface area contributed by atoms with Crippen molar-refractivity contribution in [2.45, 2.75) is 12.8 Å². The Bertz CT molecular complexity index is 819. The van der Waals surface area contributed by atoms with Crippen LogP contribution in [0.1, 0.15) is 23.2 Å². The predicted molar refractivity (Wildman–Crippen MR) is 92.3 cm³/mol. The fourth-order valence-electron chi connectivity index (χ4n) is 2.33. The molecule has 24 heavy (non-hydrogen) atoms. The van der Waals surface area contributed by atoms with Crippen molar-refractivity contribution in [1.29, 1.82) is 0 Å². The Morgan fingerprint density at radius 1 is 1.04 bits per heavy atom. The van der Waals surface area contributed by atoms with Crippen molar-refractivity contribution in [1.82, 2.24) is 0 Å². The Kier molecular flexibility index (Phi) is 4.69. The Balaban J connectivity index is 1.76. The molecule has 1 heterocycles. The predicted octanol–water partition coefficient (Wildman–Crippen LogP) is 3.98. The van der Waals surface area contributed by atoms with Gasteiger partial charge in [-0.2, -0.15) is 0 Å². The molecule has 3 rings (SSSR count). The Hall–Kier alpha value is -2.18. The van der Waals surface area contributed by atoms with Crippen molar-refractivity contribution in [2.75, 3.05) is 4.90 Å². The monoisotopic (exact) mass is 407 g/mol. The molecule has 0 aliphatic carbocycles. The van der Waals surface area contributed by atoms with E-state index in [-0.39, 0.29) is 24.7 Å². The van der Waals surface area contributed by atoms with Gasteiger partial charge in [-0.25, -0.2) is 4.79 Å². The number of benzene rings is 2. The molecule has 1 aliphatic rings. The van der Waals surface area contributed by atoms with Crippen LogP contribution < -0.4 is 9.64 Å². The number of amides is 2. The van der Waals surface area contributed by atoms with Gasteiger partial charge in [-0.05, 0) is 58.4 Å². The first-order valence-electron chi connectivity index (χ1n) is 7.09. The van der Waals surface area contributed by atoms with Gasteiger partial charge in [-0.1, -0.05) is 11.6 Å². The molecule has 7 heteroatoms. The highest BCUT2D eigenvalue weighted by molar-refractivity contribution is 9.10. The molecule has 0 bridgehead atoms. The maximum Gasteiger partial charge on any atom is 0.343 e. The van der Waals surface area contributed by atoms with Crippen LogP contribution >= 0.6 is 27.5 Å². The molecule has 2 amide bonds. The molecule has 0 atom stereocenters. The Morgan fingerprint density at radius 2 is 1.67 bits per heavy atom. The third kappa shape index (κ3) is 3.34. The van der Waals surface area contributed by atoms with Gasteiger partial charge >= 0.3 is 5.97 Å². The third-order valence-electron chi connectivity index (χ3n) is 3.51. The Labute approximate surface area is 151 Å². The summed E-state index contributed by atoms with van der Waals surface area (Å²) in [6, 6.07) is 10.9. The van der Waals surface area contributed by atoms with E-state index < -0.39 is 5.97 Å². The van der Waals surface area contributed by atoms with E-state index in [0.717, 1.165) is 4.90 Å². The van der Waals surface area contributed by atoms with Crippen LogP contribution in [0.5, 0.6) is 5.75 Å². The minimum absolute atomic E-state index is 0.215. The van der Waals surface area contributed by atoms with Gasteiger partial charge in [0.1, 0.15) is 5.75 Å². The first-order valence-corrected chi connectivity index (χ1v) is 8.26. The summed E-state index contributed by atoms with van der Waals surface area (Å²) >= 11 is 9.12. The normalized spacial score (nSPS) is 14.2. The van der Waals surface area contributed by atoms with Crippen molar-refractivity contribution in [3.8, 4) is 5.75 Å². The van der Waals surface area contributed by atoms with Crippen LogP contribution in [0.3, 0.4) is 0 Å². The number of esters is 1. The van der Waals surface area contributed by atoms with Crippen LogP contribution in [0.25, 0.3) is 0 Å². The fraction of sp³-hybridized carbons (Fsp3) is 0.118. The second-order valence-corrected chi connectivity index (χ2v) is 6.42. The second-order valence-electron chi connectivity index (χ2n) is 5.13. The van der Waals surface area contributed by atoms with Crippen molar-refractivity contribution in [3.05, 3.63) is 57.5 Å². The maximum atomic E-state index is 12.2. The van der Waals surface area contributed by atoms with E-state index in [4.69, 9.17) is 16.3 Å². The average Bonchev–Trinajstić information content (AvgIpc) is 2.89. The summed E-state index contributed by atoms with van der Waals surface area (Å²) in [6.45, 7) is 0. The molecule has 1 aliphatic heterocycles. The van der Waals surface area contributed by atoms with Gasteiger partial charge in [0.15, 0.2) is 0 Å². The zero-order valence-corrected chi connectivity index (χ0v) is 14.6. The molecule has 122 valence electrons. The van der Waals surface area contributed by atoms with Gasteiger partial charge in [-0.3, -0.25) is 14.5 Å². The summed E-state index contributed by atoms with van der Waals surface area (Å²) < 4.78 is 5.87. The molecule has 0 saturated carbocycles. The molecule has 0 spiro atoms. The van der Waals surface area contributed by atoms with E-state index in [1.54, 1.807) is 30.3 Å². The minimum atomic E-state index is -0.552. The molecule has 1 saturated heterocycles. The highest BCUT2D eigenvalue weighted by Gasteiger charge is 2.30. The fourth-order valence-corrected chi connectivity index (χ4v) is 3.09. The number of halogens is 2. The molecule has 0 radical (unpaired) electrons.